The zero-order valence-electron chi connectivity index (χ0n) is 28.5. The van der Waals surface area contributed by atoms with Crippen molar-refractivity contribution in [3.8, 4) is 0 Å². The molecule has 0 aromatic heterocycles. The molecule has 3 aromatic rings. The molecule has 0 saturated carbocycles. The minimum atomic E-state index is -0.797. The van der Waals surface area contributed by atoms with Crippen molar-refractivity contribution in [3.63, 3.8) is 0 Å². The topological polar surface area (TPSA) is 83.1 Å². The van der Waals surface area contributed by atoms with E-state index >= 15 is 0 Å². The number of ether oxygens (including phenoxy) is 9. The Hall–Kier alpha value is -3.38. The first-order chi connectivity index (χ1) is 23.7. The molecule has 0 amide bonds. The third-order valence-electron chi connectivity index (χ3n) is 8.91. The molecule has 260 valence electrons. The van der Waals surface area contributed by atoms with E-state index in [1.54, 1.807) is 0 Å². The van der Waals surface area contributed by atoms with Crippen molar-refractivity contribution in [2.24, 2.45) is 0 Å². The van der Waals surface area contributed by atoms with Crippen LogP contribution in [0.25, 0.3) is 0 Å². The Morgan fingerprint density at radius 1 is 0.633 bits per heavy atom. The minimum Gasteiger partial charge on any atom is -0.485 e. The Bertz CT molecular complexity index is 1560. The molecular weight excluding hydrogens is 624 g/mol. The van der Waals surface area contributed by atoms with Crippen LogP contribution < -0.4 is 0 Å². The van der Waals surface area contributed by atoms with Gasteiger partial charge in [0.2, 0.25) is 0 Å². The maximum Gasteiger partial charge on any atom is 0.190 e. The highest BCUT2D eigenvalue weighted by Gasteiger charge is 2.60. The van der Waals surface area contributed by atoms with E-state index in [-0.39, 0.29) is 6.10 Å². The average molecular weight is 671 g/mol. The van der Waals surface area contributed by atoms with Gasteiger partial charge in [0.05, 0.1) is 26.4 Å². The molecule has 0 bridgehead atoms. The van der Waals surface area contributed by atoms with E-state index in [1.165, 1.54) is 0 Å². The molecule has 8 atom stereocenters. The molecular formula is C40H46O9. The second-order valence-electron chi connectivity index (χ2n) is 13.7. The third-order valence-corrected chi connectivity index (χ3v) is 8.91. The predicted molar refractivity (Wildman–Crippen MR) is 181 cm³/mol. The van der Waals surface area contributed by atoms with Gasteiger partial charge in [-0.1, -0.05) is 91.0 Å². The highest BCUT2D eigenvalue weighted by atomic mass is 16.9. The number of benzene rings is 3. The summed E-state index contributed by atoms with van der Waals surface area (Å²) in [4.78, 5) is 0. The van der Waals surface area contributed by atoms with Crippen molar-refractivity contribution in [1.82, 2.24) is 0 Å². The Labute approximate surface area is 288 Å². The highest BCUT2D eigenvalue weighted by molar-refractivity contribution is 5.23. The van der Waals surface area contributed by atoms with E-state index in [0.29, 0.717) is 32.2 Å². The van der Waals surface area contributed by atoms with Crippen molar-refractivity contribution >= 4 is 0 Å². The predicted octanol–water partition coefficient (Wildman–Crippen LogP) is 6.61. The van der Waals surface area contributed by atoms with Crippen molar-refractivity contribution in [2.45, 2.75) is 108 Å². The number of fused-ring (bicyclic) bond motifs is 3. The Kier molecular flexibility index (Phi) is 10.3. The Morgan fingerprint density at radius 3 is 1.84 bits per heavy atom. The lowest BCUT2D eigenvalue weighted by Crippen LogP contribution is -2.54. The first-order valence-electron chi connectivity index (χ1n) is 17.1. The van der Waals surface area contributed by atoms with Crippen LogP contribution in [0.4, 0.5) is 0 Å². The van der Waals surface area contributed by atoms with Crippen molar-refractivity contribution in [1.29, 1.82) is 0 Å². The van der Waals surface area contributed by atoms with Crippen LogP contribution in [0.15, 0.2) is 115 Å². The van der Waals surface area contributed by atoms with Gasteiger partial charge in [-0.25, -0.2) is 0 Å². The fourth-order valence-electron chi connectivity index (χ4n) is 6.71. The summed E-state index contributed by atoms with van der Waals surface area (Å²) in [6.07, 6.45) is 2.28. The quantitative estimate of drug-likeness (QED) is 0.212. The van der Waals surface area contributed by atoms with Crippen LogP contribution in [-0.4, -0.2) is 67.2 Å². The van der Waals surface area contributed by atoms with Gasteiger partial charge in [-0.15, -0.1) is 0 Å². The average Bonchev–Trinajstić information content (AvgIpc) is 3.60. The third kappa shape index (κ3) is 8.51. The molecule has 3 aromatic carbocycles. The van der Waals surface area contributed by atoms with Gasteiger partial charge in [0.25, 0.3) is 0 Å². The summed E-state index contributed by atoms with van der Waals surface area (Å²) >= 11 is 0. The summed E-state index contributed by atoms with van der Waals surface area (Å²) in [6, 6.07) is 30.3. The smallest absolute Gasteiger partial charge is 0.190 e. The SMILES string of the molecule is CC1(C)O[C@H]2[C@@H](O1)[C@@H](/C=C/C1=C[C@@H](OCc3ccccc3)[C@H](OCc3ccccc3)[C@@H](COCc3ccccc3)O1)O[C@@H]1OC(C)(C)O[C@@H]12. The normalized spacial score (nSPS) is 31.6. The van der Waals surface area contributed by atoms with Gasteiger partial charge in [0.1, 0.15) is 42.4 Å². The summed E-state index contributed by atoms with van der Waals surface area (Å²) in [5, 5.41) is 0. The van der Waals surface area contributed by atoms with Crippen molar-refractivity contribution in [2.75, 3.05) is 6.61 Å². The molecule has 0 aliphatic carbocycles. The largest absolute Gasteiger partial charge is 0.485 e. The summed E-state index contributed by atoms with van der Waals surface area (Å²) < 4.78 is 57.4. The van der Waals surface area contributed by atoms with E-state index < -0.39 is 54.5 Å². The molecule has 0 spiro atoms. The van der Waals surface area contributed by atoms with Gasteiger partial charge in [-0.05, 0) is 62.6 Å². The van der Waals surface area contributed by atoms with E-state index in [1.807, 2.05) is 125 Å². The van der Waals surface area contributed by atoms with Crippen LogP contribution in [0.2, 0.25) is 0 Å². The van der Waals surface area contributed by atoms with Gasteiger partial charge in [0, 0.05) is 0 Å². The zero-order valence-corrected chi connectivity index (χ0v) is 28.5. The number of hydrogen-bond acceptors (Lipinski definition) is 9. The molecule has 0 unspecified atom stereocenters. The lowest BCUT2D eigenvalue weighted by Gasteiger charge is -2.37. The van der Waals surface area contributed by atoms with Crippen LogP contribution >= 0.6 is 0 Å². The van der Waals surface area contributed by atoms with Crippen LogP contribution in [-0.2, 0) is 62.5 Å². The van der Waals surface area contributed by atoms with Crippen molar-refractivity contribution < 1.29 is 42.6 Å². The summed E-state index contributed by atoms with van der Waals surface area (Å²) in [5.41, 5.74) is 3.21. The number of rotatable bonds is 12. The fourth-order valence-corrected chi connectivity index (χ4v) is 6.71. The molecule has 7 rings (SSSR count). The summed E-state index contributed by atoms with van der Waals surface area (Å²) in [6.45, 7) is 9.12. The zero-order chi connectivity index (χ0) is 33.8. The Balaban J connectivity index is 1.14. The molecule has 9 nitrogen and oxygen atoms in total. The van der Waals surface area contributed by atoms with Gasteiger partial charge >= 0.3 is 0 Å². The van der Waals surface area contributed by atoms with Gasteiger partial charge < -0.3 is 42.6 Å². The standard InChI is InChI=1S/C40H46O9/c1-39(2)46-35-31(45-38-37(36(35)47-39)48-40(3,4)49-38)21-20-30-22-32(42-24-28-16-10-6-11-17-28)34(43-25-29-18-12-7-13-19-29)33(44-30)26-41-23-27-14-8-5-9-15-27/h5-22,31-38H,23-26H2,1-4H3/b21-20+/t31-,32-,33-,34+,35+,36+,37-,38-/m1/s1. The summed E-state index contributed by atoms with van der Waals surface area (Å²) in [7, 11) is 0. The number of allylic oxidation sites excluding steroid dienone is 1. The first kappa shape index (κ1) is 34.1. The van der Waals surface area contributed by atoms with E-state index in [9.17, 15) is 0 Å². The molecule has 0 radical (unpaired) electrons. The first-order valence-corrected chi connectivity index (χ1v) is 17.1. The van der Waals surface area contributed by atoms with Crippen LogP contribution in [0.5, 0.6) is 0 Å². The molecule has 3 saturated heterocycles. The molecule has 4 aliphatic heterocycles. The lowest BCUT2D eigenvalue weighted by atomic mass is 9.98. The van der Waals surface area contributed by atoms with Crippen molar-refractivity contribution in [3.05, 3.63) is 132 Å². The van der Waals surface area contributed by atoms with Crippen LogP contribution in [0.1, 0.15) is 44.4 Å². The van der Waals surface area contributed by atoms with Gasteiger partial charge in [0.15, 0.2) is 24.0 Å². The molecule has 4 heterocycles. The molecule has 3 fully saturated rings. The molecule has 9 heteroatoms. The lowest BCUT2D eigenvalue weighted by molar-refractivity contribution is -0.222. The number of hydrogen-bond donors (Lipinski definition) is 0. The summed E-state index contributed by atoms with van der Waals surface area (Å²) in [5.74, 6) is -0.971. The second kappa shape index (κ2) is 14.8. The second-order valence-corrected chi connectivity index (χ2v) is 13.7. The van der Waals surface area contributed by atoms with Crippen LogP contribution in [0, 0.1) is 0 Å². The van der Waals surface area contributed by atoms with E-state index in [0.717, 1.165) is 16.7 Å². The minimum absolute atomic E-state index is 0.296. The highest BCUT2D eigenvalue weighted by Crippen LogP contribution is 2.44. The Morgan fingerprint density at radius 2 is 1.18 bits per heavy atom. The maximum absolute atomic E-state index is 6.63. The van der Waals surface area contributed by atoms with E-state index in [4.69, 9.17) is 42.6 Å². The van der Waals surface area contributed by atoms with Gasteiger partial charge in [-0.3, -0.25) is 0 Å². The van der Waals surface area contributed by atoms with Crippen LogP contribution in [0.3, 0.4) is 0 Å². The molecule has 49 heavy (non-hydrogen) atoms. The maximum atomic E-state index is 6.63. The fraction of sp³-hybridized carbons (Fsp3) is 0.450. The molecule has 4 aliphatic rings. The molecule has 0 N–H and O–H groups in total. The monoisotopic (exact) mass is 670 g/mol. The van der Waals surface area contributed by atoms with Gasteiger partial charge in [-0.2, -0.15) is 0 Å². The van der Waals surface area contributed by atoms with E-state index in [2.05, 4.69) is 12.1 Å².